The number of nitrogens with zero attached hydrogens (tertiary/aromatic N) is 5. The minimum absolute atomic E-state index is 0.337. The second-order valence-electron chi connectivity index (χ2n) is 6.83. The van der Waals surface area contributed by atoms with E-state index in [0.29, 0.717) is 16.9 Å². The molecular weight excluding hydrogens is 358 g/mol. The van der Waals surface area contributed by atoms with Crippen molar-refractivity contribution in [3.8, 4) is 0 Å². The highest BCUT2D eigenvalue weighted by molar-refractivity contribution is 7.84. The Bertz CT molecular complexity index is 954. The van der Waals surface area contributed by atoms with Crippen LogP contribution in [0.1, 0.15) is 18.5 Å². The molecule has 1 fully saturated rings. The predicted molar refractivity (Wildman–Crippen MR) is 108 cm³/mol. The van der Waals surface area contributed by atoms with Crippen molar-refractivity contribution in [1.29, 1.82) is 0 Å². The van der Waals surface area contributed by atoms with Gasteiger partial charge in [0.1, 0.15) is 0 Å². The number of hydrogen-bond acceptors (Lipinski definition) is 6. The van der Waals surface area contributed by atoms with E-state index in [1.54, 1.807) is 18.6 Å². The molecule has 1 aliphatic rings. The standard InChI is InChI=1S/C20H23N5OS/c1-15(17-6-5-16-4-3-7-21-19(16)12-17)24-8-10-25(11-9-24)20-22-13-18(14-23-20)27(2)26/h3-7,12-15H,8-11H2,1-2H3. The van der Waals surface area contributed by atoms with Gasteiger partial charge in [-0.25, -0.2) is 9.97 Å². The first-order valence-corrected chi connectivity index (χ1v) is 10.7. The Morgan fingerprint density at radius 1 is 1.04 bits per heavy atom. The third-order valence-electron chi connectivity index (χ3n) is 5.20. The number of rotatable bonds is 4. The summed E-state index contributed by atoms with van der Waals surface area (Å²) >= 11 is 0. The molecule has 2 atom stereocenters. The van der Waals surface area contributed by atoms with Gasteiger partial charge in [-0.1, -0.05) is 18.2 Å². The molecule has 27 heavy (non-hydrogen) atoms. The highest BCUT2D eigenvalue weighted by Gasteiger charge is 2.23. The summed E-state index contributed by atoms with van der Waals surface area (Å²) in [6, 6.07) is 10.9. The summed E-state index contributed by atoms with van der Waals surface area (Å²) in [4.78, 5) is 18.6. The largest absolute Gasteiger partial charge is 0.338 e. The lowest BCUT2D eigenvalue weighted by atomic mass is 10.0. The maximum absolute atomic E-state index is 11.5. The van der Waals surface area contributed by atoms with Crippen LogP contribution in [0, 0.1) is 0 Å². The molecule has 0 aliphatic carbocycles. The van der Waals surface area contributed by atoms with Gasteiger partial charge in [0.15, 0.2) is 0 Å². The van der Waals surface area contributed by atoms with Gasteiger partial charge in [0.25, 0.3) is 0 Å². The lowest BCUT2D eigenvalue weighted by Crippen LogP contribution is -2.47. The van der Waals surface area contributed by atoms with Gasteiger partial charge in [0.2, 0.25) is 5.95 Å². The number of piperazine rings is 1. The number of benzene rings is 1. The Balaban J connectivity index is 1.42. The third-order valence-corrected chi connectivity index (χ3v) is 6.08. The smallest absolute Gasteiger partial charge is 0.225 e. The molecular formula is C20H23N5OS. The Morgan fingerprint density at radius 2 is 1.78 bits per heavy atom. The number of anilines is 1. The van der Waals surface area contributed by atoms with Crippen molar-refractivity contribution in [2.24, 2.45) is 0 Å². The van der Waals surface area contributed by atoms with Gasteiger partial charge in [0.05, 0.1) is 21.2 Å². The summed E-state index contributed by atoms with van der Waals surface area (Å²) in [6.45, 7) is 5.91. The molecule has 3 aromatic rings. The first-order chi connectivity index (χ1) is 13.1. The summed E-state index contributed by atoms with van der Waals surface area (Å²) in [6.07, 6.45) is 6.81. The van der Waals surface area contributed by atoms with Crippen molar-refractivity contribution >= 4 is 27.7 Å². The Morgan fingerprint density at radius 3 is 2.48 bits per heavy atom. The zero-order valence-corrected chi connectivity index (χ0v) is 16.4. The minimum Gasteiger partial charge on any atom is -0.338 e. The highest BCUT2D eigenvalue weighted by Crippen LogP contribution is 2.25. The molecule has 7 heteroatoms. The van der Waals surface area contributed by atoms with E-state index in [1.807, 2.05) is 12.3 Å². The molecule has 140 valence electrons. The third kappa shape index (κ3) is 3.84. The predicted octanol–water partition coefficient (Wildman–Crippen LogP) is 2.65. The number of pyridine rings is 1. The van der Waals surface area contributed by atoms with Crippen LogP contribution in [0.5, 0.6) is 0 Å². The Kier molecular flexibility index (Phi) is 5.13. The number of hydrogen-bond donors (Lipinski definition) is 0. The zero-order chi connectivity index (χ0) is 18.8. The molecule has 0 radical (unpaired) electrons. The fourth-order valence-corrected chi connectivity index (χ4v) is 3.89. The summed E-state index contributed by atoms with van der Waals surface area (Å²) in [5, 5.41) is 1.17. The molecule has 0 amide bonds. The molecule has 0 bridgehead atoms. The summed E-state index contributed by atoms with van der Waals surface area (Å²) in [5.74, 6) is 0.714. The van der Waals surface area contributed by atoms with Crippen LogP contribution < -0.4 is 4.90 Å². The van der Waals surface area contributed by atoms with Crippen LogP contribution in [-0.2, 0) is 10.8 Å². The van der Waals surface area contributed by atoms with Crippen LogP contribution >= 0.6 is 0 Å². The van der Waals surface area contributed by atoms with Crippen molar-refractivity contribution in [1.82, 2.24) is 19.9 Å². The number of aromatic nitrogens is 3. The first kappa shape index (κ1) is 18.0. The van der Waals surface area contributed by atoms with E-state index in [2.05, 4.69) is 55.9 Å². The van der Waals surface area contributed by atoms with Crippen LogP contribution in [0.4, 0.5) is 5.95 Å². The van der Waals surface area contributed by atoms with E-state index in [-0.39, 0.29) is 0 Å². The maximum atomic E-state index is 11.5. The molecule has 0 N–H and O–H groups in total. The first-order valence-electron chi connectivity index (χ1n) is 9.11. The van der Waals surface area contributed by atoms with Gasteiger partial charge in [-0.05, 0) is 24.6 Å². The molecule has 0 saturated carbocycles. The Hall–Kier alpha value is -2.38. The van der Waals surface area contributed by atoms with E-state index in [1.165, 1.54) is 10.9 Å². The molecule has 2 unspecified atom stereocenters. The molecule has 2 aromatic heterocycles. The van der Waals surface area contributed by atoms with Gasteiger partial charge in [-0.2, -0.15) is 0 Å². The van der Waals surface area contributed by atoms with Crippen LogP contribution in [-0.4, -0.2) is 56.5 Å². The van der Waals surface area contributed by atoms with Crippen molar-refractivity contribution in [3.05, 3.63) is 54.5 Å². The van der Waals surface area contributed by atoms with Gasteiger partial charge in [-0.15, -0.1) is 0 Å². The fraction of sp³-hybridized carbons (Fsp3) is 0.350. The van der Waals surface area contributed by atoms with E-state index < -0.39 is 10.8 Å². The zero-order valence-electron chi connectivity index (χ0n) is 15.6. The molecule has 3 heterocycles. The van der Waals surface area contributed by atoms with E-state index >= 15 is 0 Å². The van der Waals surface area contributed by atoms with Crippen LogP contribution in [0.3, 0.4) is 0 Å². The lowest BCUT2D eigenvalue weighted by molar-refractivity contribution is 0.198. The van der Waals surface area contributed by atoms with E-state index in [4.69, 9.17) is 0 Å². The van der Waals surface area contributed by atoms with Crippen LogP contribution in [0.15, 0.2) is 53.8 Å². The highest BCUT2D eigenvalue weighted by atomic mass is 32.2. The molecule has 0 spiro atoms. The van der Waals surface area contributed by atoms with Crippen molar-refractivity contribution in [2.75, 3.05) is 37.3 Å². The molecule has 1 aliphatic heterocycles. The van der Waals surface area contributed by atoms with Gasteiger partial charge in [0, 0.05) is 62.5 Å². The monoisotopic (exact) mass is 381 g/mol. The number of fused-ring (bicyclic) bond motifs is 1. The molecule has 1 saturated heterocycles. The second-order valence-corrected chi connectivity index (χ2v) is 8.21. The fourth-order valence-electron chi connectivity index (χ4n) is 3.48. The lowest BCUT2D eigenvalue weighted by Gasteiger charge is -2.38. The van der Waals surface area contributed by atoms with Crippen LogP contribution in [0.2, 0.25) is 0 Å². The van der Waals surface area contributed by atoms with Crippen LogP contribution in [0.25, 0.3) is 10.9 Å². The Labute approximate surface area is 161 Å². The molecule has 1 aromatic carbocycles. The van der Waals surface area contributed by atoms with Crippen molar-refractivity contribution in [2.45, 2.75) is 17.9 Å². The van der Waals surface area contributed by atoms with Crippen molar-refractivity contribution < 1.29 is 4.21 Å². The quantitative estimate of drug-likeness (QED) is 0.692. The van der Waals surface area contributed by atoms with E-state index in [0.717, 1.165) is 31.7 Å². The topological polar surface area (TPSA) is 62.2 Å². The van der Waals surface area contributed by atoms with Crippen molar-refractivity contribution in [3.63, 3.8) is 0 Å². The molecule has 4 rings (SSSR count). The average Bonchev–Trinajstić information content (AvgIpc) is 2.73. The maximum Gasteiger partial charge on any atom is 0.225 e. The molecule has 6 nitrogen and oxygen atoms in total. The second kappa shape index (κ2) is 7.70. The summed E-state index contributed by atoms with van der Waals surface area (Å²) in [5.41, 5.74) is 2.34. The van der Waals surface area contributed by atoms with E-state index in [9.17, 15) is 4.21 Å². The summed E-state index contributed by atoms with van der Waals surface area (Å²) < 4.78 is 11.5. The van der Waals surface area contributed by atoms with Gasteiger partial charge >= 0.3 is 0 Å². The summed E-state index contributed by atoms with van der Waals surface area (Å²) in [7, 11) is -1.04. The minimum atomic E-state index is -1.04. The van der Waals surface area contributed by atoms with Gasteiger partial charge < -0.3 is 4.90 Å². The average molecular weight is 382 g/mol. The van der Waals surface area contributed by atoms with Gasteiger partial charge in [-0.3, -0.25) is 14.1 Å². The normalized spacial score (nSPS) is 17.8. The SMILES string of the molecule is CC(c1ccc2cccnc2c1)N1CCN(c2ncc(S(C)=O)cn2)CC1.